The monoisotopic (exact) mass is 428 g/mol. The van der Waals surface area contributed by atoms with Crippen LogP contribution >= 0.6 is 23.2 Å². The van der Waals surface area contributed by atoms with E-state index >= 15 is 0 Å². The van der Waals surface area contributed by atoms with Gasteiger partial charge in [-0.05, 0) is 48.2 Å². The first-order valence-electron chi connectivity index (χ1n) is 8.46. The summed E-state index contributed by atoms with van der Waals surface area (Å²) in [6.45, 7) is 3.90. The van der Waals surface area contributed by atoms with E-state index in [4.69, 9.17) is 23.2 Å². The third-order valence-corrected chi connectivity index (χ3v) is 6.84. The molecule has 0 aliphatic rings. The van der Waals surface area contributed by atoms with E-state index in [0.717, 1.165) is 10.7 Å². The fraction of sp³-hybridized carbons (Fsp3) is 0.316. The Bertz CT molecular complexity index is 915. The van der Waals surface area contributed by atoms with E-state index in [-0.39, 0.29) is 21.5 Å². The normalized spacial score (nSPS) is 12.8. The van der Waals surface area contributed by atoms with Crippen molar-refractivity contribution in [1.82, 2.24) is 4.31 Å². The molecular formula is C19H22Cl2N2O3S. The lowest BCUT2D eigenvalue weighted by Crippen LogP contribution is -2.35. The Morgan fingerprint density at radius 1 is 1.15 bits per heavy atom. The molecule has 0 saturated carbocycles. The number of rotatable bonds is 7. The van der Waals surface area contributed by atoms with Gasteiger partial charge < -0.3 is 5.32 Å². The molecule has 2 aromatic rings. The zero-order valence-electron chi connectivity index (χ0n) is 15.4. The largest absolute Gasteiger partial charge is 0.325 e. The second kappa shape index (κ2) is 9.06. The van der Waals surface area contributed by atoms with Gasteiger partial charge in [-0.25, -0.2) is 8.42 Å². The highest BCUT2D eigenvalue weighted by Gasteiger charge is 2.25. The van der Waals surface area contributed by atoms with E-state index in [2.05, 4.69) is 19.2 Å². The second-order valence-corrected chi connectivity index (χ2v) is 9.17. The van der Waals surface area contributed by atoms with Crippen molar-refractivity contribution in [3.05, 3.63) is 58.1 Å². The molecule has 1 N–H and O–H groups in total. The molecule has 1 atom stereocenters. The molecule has 2 rings (SSSR count). The maximum atomic E-state index is 12.6. The third kappa shape index (κ3) is 5.45. The van der Waals surface area contributed by atoms with Crippen LogP contribution in [0.2, 0.25) is 10.0 Å². The van der Waals surface area contributed by atoms with Gasteiger partial charge >= 0.3 is 0 Å². The first kappa shape index (κ1) is 21.7. The number of amides is 1. The van der Waals surface area contributed by atoms with Gasteiger partial charge in [-0.15, -0.1) is 0 Å². The SMILES string of the molecule is CC[C@@H](C)c1ccc(NC(=O)CN(C)S(=O)(=O)c2cc(Cl)ccc2Cl)cc1. The zero-order chi connectivity index (χ0) is 20.2. The lowest BCUT2D eigenvalue weighted by molar-refractivity contribution is -0.116. The summed E-state index contributed by atoms with van der Waals surface area (Å²) in [5.41, 5.74) is 1.80. The standard InChI is InChI=1S/C19H22Cl2N2O3S/c1-4-13(2)14-5-8-16(9-6-14)22-19(24)12-23(3)27(25,26)18-11-15(20)7-10-17(18)21/h5-11,13H,4,12H2,1-3H3,(H,22,24)/t13-/m1/s1. The maximum absolute atomic E-state index is 12.6. The summed E-state index contributed by atoms with van der Waals surface area (Å²) >= 11 is 11.8. The van der Waals surface area contributed by atoms with E-state index in [1.165, 1.54) is 30.8 Å². The molecule has 0 spiro atoms. The summed E-state index contributed by atoms with van der Waals surface area (Å²) in [4.78, 5) is 12.1. The van der Waals surface area contributed by atoms with Crippen LogP contribution in [0.15, 0.2) is 47.4 Å². The summed E-state index contributed by atoms with van der Waals surface area (Å²) in [6, 6.07) is 11.7. The number of nitrogens with one attached hydrogen (secondary N) is 1. The van der Waals surface area contributed by atoms with Crippen molar-refractivity contribution in [1.29, 1.82) is 0 Å². The van der Waals surface area contributed by atoms with Gasteiger partial charge in [0.15, 0.2) is 0 Å². The summed E-state index contributed by atoms with van der Waals surface area (Å²) in [5.74, 6) is -0.0102. The molecule has 2 aromatic carbocycles. The molecule has 0 saturated heterocycles. The van der Waals surface area contributed by atoms with Gasteiger partial charge in [0.25, 0.3) is 0 Å². The van der Waals surface area contributed by atoms with Crippen LogP contribution in [0.4, 0.5) is 5.69 Å². The van der Waals surface area contributed by atoms with Crippen molar-refractivity contribution in [3.63, 3.8) is 0 Å². The molecule has 0 unspecified atom stereocenters. The average molecular weight is 429 g/mol. The van der Waals surface area contributed by atoms with Gasteiger partial charge in [0, 0.05) is 17.8 Å². The number of hydrogen-bond donors (Lipinski definition) is 1. The highest BCUT2D eigenvalue weighted by Crippen LogP contribution is 2.27. The highest BCUT2D eigenvalue weighted by molar-refractivity contribution is 7.89. The van der Waals surface area contributed by atoms with E-state index in [0.29, 0.717) is 11.6 Å². The van der Waals surface area contributed by atoms with Crippen LogP contribution in [0.25, 0.3) is 0 Å². The van der Waals surface area contributed by atoms with E-state index in [1.807, 2.05) is 24.3 Å². The van der Waals surface area contributed by atoms with E-state index in [9.17, 15) is 13.2 Å². The van der Waals surface area contributed by atoms with Crippen LogP contribution in [-0.4, -0.2) is 32.2 Å². The smallest absolute Gasteiger partial charge is 0.244 e. The predicted octanol–water partition coefficient (Wildman–Crippen LogP) is 4.77. The van der Waals surface area contributed by atoms with E-state index < -0.39 is 15.9 Å². The second-order valence-electron chi connectivity index (χ2n) is 6.32. The quantitative estimate of drug-likeness (QED) is 0.690. The Hall–Kier alpha value is -1.60. The van der Waals surface area contributed by atoms with Gasteiger partial charge in [-0.3, -0.25) is 4.79 Å². The third-order valence-electron chi connectivity index (χ3n) is 4.32. The van der Waals surface area contributed by atoms with Crippen LogP contribution in [0.5, 0.6) is 0 Å². The fourth-order valence-corrected chi connectivity index (χ4v) is 4.32. The van der Waals surface area contributed by atoms with Crippen molar-refractivity contribution in [2.45, 2.75) is 31.1 Å². The van der Waals surface area contributed by atoms with Crippen LogP contribution < -0.4 is 5.32 Å². The molecule has 0 aromatic heterocycles. The molecule has 0 radical (unpaired) electrons. The minimum absolute atomic E-state index is 0.0484. The molecule has 1 amide bonds. The van der Waals surface area contributed by atoms with E-state index in [1.54, 1.807) is 0 Å². The van der Waals surface area contributed by atoms with Crippen LogP contribution in [-0.2, 0) is 14.8 Å². The zero-order valence-corrected chi connectivity index (χ0v) is 17.7. The molecular weight excluding hydrogens is 407 g/mol. The number of anilines is 1. The molecule has 0 fully saturated rings. The number of carbonyl (C=O) groups excluding carboxylic acids is 1. The summed E-state index contributed by atoms with van der Waals surface area (Å²) < 4.78 is 26.2. The van der Waals surface area contributed by atoms with Crippen LogP contribution in [0.3, 0.4) is 0 Å². The molecule has 146 valence electrons. The molecule has 0 heterocycles. The van der Waals surface area contributed by atoms with Crippen molar-refractivity contribution in [2.75, 3.05) is 18.9 Å². The highest BCUT2D eigenvalue weighted by atomic mass is 35.5. The average Bonchev–Trinajstić information content (AvgIpc) is 2.63. The summed E-state index contributed by atoms with van der Waals surface area (Å²) in [6.07, 6.45) is 1.03. The van der Waals surface area contributed by atoms with Gasteiger partial charge in [-0.1, -0.05) is 49.2 Å². The molecule has 0 bridgehead atoms. The minimum Gasteiger partial charge on any atom is -0.325 e. The van der Waals surface area contributed by atoms with Gasteiger partial charge in [0.2, 0.25) is 15.9 Å². The molecule has 5 nitrogen and oxygen atoms in total. The lowest BCUT2D eigenvalue weighted by atomic mass is 9.99. The predicted molar refractivity (Wildman–Crippen MR) is 110 cm³/mol. The maximum Gasteiger partial charge on any atom is 0.244 e. The van der Waals surface area contributed by atoms with Gasteiger partial charge in [-0.2, -0.15) is 4.31 Å². The Morgan fingerprint density at radius 3 is 2.37 bits per heavy atom. The Morgan fingerprint density at radius 2 is 1.78 bits per heavy atom. The Balaban J connectivity index is 2.07. The van der Waals surface area contributed by atoms with Crippen molar-refractivity contribution in [2.24, 2.45) is 0 Å². The summed E-state index contributed by atoms with van der Waals surface area (Å²) in [5, 5.41) is 3.00. The molecule has 0 aliphatic heterocycles. The number of benzene rings is 2. The number of sulfonamides is 1. The first-order chi connectivity index (χ1) is 12.6. The van der Waals surface area contributed by atoms with Crippen molar-refractivity contribution >= 4 is 44.8 Å². The van der Waals surface area contributed by atoms with Crippen LogP contribution in [0, 0.1) is 0 Å². The first-order valence-corrected chi connectivity index (χ1v) is 10.7. The molecule has 27 heavy (non-hydrogen) atoms. The van der Waals surface area contributed by atoms with Gasteiger partial charge in [0.05, 0.1) is 11.6 Å². The molecule has 0 aliphatic carbocycles. The number of carbonyl (C=O) groups is 1. The van der Waals surface area contributed by atoms with Crippen LogP contribution in [0.1, 0.15) is 31.7 Å². The summed E-state index contributed by atoms with van der Waals surface area (Å²) in [7, 11) is -2.63. The molecule has 8 heteroatoms. The van der Waals surface area contributed by atoms with Gasteiger partial charge in [0.1, 0.15) is 4.90 Å². The minimum atomic E-state index is -3.94. The number of likely N-dealkylation sites (N-methyl/N-ethyl adjacent to an activating group) is 1. The fourth-order valence-electron chi connectivity index (χ4n) is 2.46. The Labute approximate surface area is 170 Å². The topological polar surface area (TPSA) is 66.5 Å². The Kier molecular flexibility index (Phi) is 7.28. The number of halogens is 2. The van der Waals surface area contributed by atoms with Crippen molar-refractivity contribution in [3.8, 4) is 0 Å². The number of hydrogen-bond acceptors (Lipinski definition) is 3. The lowest BCUT2D eigenvalue weighted by Gasteiger charge is -2.18. The van der Waals surface area contributed by atoms with Crippen molar-refractivity contribution < 1.29 is 13.2 Å². The number of nitrogens with zero attached hydrogens (tertiary/aromatic N) is 1.